The Morgan fingerprint density at radius 3 is 2.12 bits per heavy atom. The summed E-state index contributed by atoms with van der Waals surface area (Å²) >= 11 is 4.60. The van der Waals surface area contributed by atoms with Crippen molar-refractivity contribution in [2.75, 3.05) is 18.8 Å². The summed E-state index contributed by atoms with van der Waals surface area (Å²) in [7, 11) is 0. The van der Waals surface area contributed by atoms with Crippen LogP contribution in [0.5, 0.6) is 0 Å². The molecule has 2 aliphatic carbocycles. The van der Waals surface area contributed by atoms with Crippen LogP contribution in [-0.2, 0) is 0 Å². The van der Waals surface area contributed by atoms with Crippen LogP contribution in [0, 0.1) is 11.3 Å². The Balaban J connectivity index is 1.90. The fourth-order valence-corrected chi connectivity index (χ4v) is 3.14. The first-order chi connectivity index (χ1) is 7.73. The molecule has 0 spiro atoms. The first-order valence-corrected chi connectivity index (χ1v) is 7.71. The van der Waals surface area contributed by atoms with Crippen molar-refractivity contribution in [2.24, 2.45) is 11.3 Å². The molecule has 0 amide bonds. The molecular formula is C14H27NS. The van der Waals surface area contributed by atoms with E-state index in [1.54, 1.807) is 0 Å². The molecular weight excluding hydrogens is 214 g/mol. The molecule has 0 aromatic rings. The molecule has 0 aliphatic heterocycles. The van der Waals surface area contributed by atoms with E-state index in [4.69, 9.17) is 0 Å². The Kier molecular flexibility index (Phi) is 4.23. The quantitative estimate of drug-likeness (QED) is 0.636. The van der Waals surface area contributed by atoms with Gasteiger partial charge in [0.15, 0.2) is 0 Å². The highest BCUT2D eigenvalue weighted by molar-refractivity contribution is 7.80. The van der Waals surface area contributed by atoms with E-state index in [-0.39, 0.29) is 0 Å². The second-order valence-corrected chi connectivity index (χ2v) is 6.29. The summed E-state index contributed by atoms with van der Waals surface area (Å²) in [5.74, 6) is 2.08. The maximum atomic E-state index is 4.60. The normalized spacial score (nSPS) is 21.8. The van der Waals surface area contributed by atoms with Crippen LogP contribution < -0.4 is 0 Å². The third-order valence-electron chi connectivity index (χ3n) is 4.63. The fraction of sp³-hybridized carbons (Fsp3) is 1.00. The van der Waals surface area contributed by atoms with E-state index in [1.807, 2.05) is 0 Å². The van der Waals surface area contributed by atoms with Crippen molar-refractivity contribution < 1.29 is 0 Å². The van der Waals surface area contributed by atoms with Crippen LogP contribution in [0.25, 0.3) is 0 Å². The third-order valence-corrected chi connectivity index (χ3v) is 5.30. The minimum absolute atomic E-state index is 0.473. The van der Waals surface area contributed by atoms with E-state index in [2.05, 4.69) is 31.4 Å². The zero-order valence-corrected chi connectivity index (χ0v) is 11.8. The standard InChI is InChI=1S/C14H27NS/c1-3-14(4-2,11-16)10-15(13-7-8-13)9-12-5-6-12/h12-13,16H,3-11H2,1-2H3. The average molecular weight is 241 g/mol. The van der Waals surface area contributed by atoms with E-state index in [1.165, 1.54) is 51.6 Å². The highest BCUT2D eigenvalue weighted by Crippen LogP contribution is 2.38. The van der Waals surface area contributed by atoms with E-state index in [0.717, 1.165) is 17.7 Å². The van der Waals surface area contributed by atoms with Gasteiger partial charge in [-0.3, -0.25) is 4.90 Å². The van der Waals surface area contributed by atoms with Crippen LogP contribution in [0.15, 0.2) is 0 Å². The van der Waals surface area contributed by atoms with Crippen LogP contribution in [-0.4, -0.2) is 29.8 Å². The molecule has 1 nitrogen and oxygen atoms in total. The van der Waals surface area contributed by atoms with Crippen molar-refractivity contribution in [1.82, 2.24) is 4.90 Å². The Hall–Kier alpha value is 0.310. The Bertz CT molecular complexity index is 209. The van der Waals surface area contributed by atoms with Gasteiger partial charge in [0.05, 0.1) is 0 Å². The van der Waals surface area contributed by atoms with Crippen molar-refractivity contribution >= 4 is 12.6 Å². The average Bonchev–Trinajstić information content (AvgIpc) is 3.17. The van der Waals surface area contributed by atoms with Crippen molar-refractivity contribution in [2.45, 2.75) is 58.4 Å². The number of rotatable bonds is 8. The first-order valence-electron chi connectivity index (χ1n) is 7.08. The summed E-state index contributed by atoms with van der Waals surface area (Å²) in [6, 6.07) is 0.929. The van der Waals surface area contributed by atoms with Gasteiger partial charge >= 0.3 is 0 Å². The van der Waals surface area contributed by atoms with Crippen molar-refractivity contribution in [3.8, 4) is 0 Å². The van der Waals surface area contributed by atoms with Crippen molar-refractivity contribution in [3.05, 3.63) is 0 Å². The van der Waals surface area contributed by atoms with Crippen LogP contribution >= 0.6 is 12.6 Å². The summed E-state index contributed by atoms with van der Waals surface area (Å²) in [6.45, 7) is 7.34. The second-order valence-electron chi connectivity index (χ2n) is 5.97. The Morgan fingerprint density at radius 2 is 1.75 bits per heavy atom. The molecule has 0 aromatic heterocycles. The van der Waals surface area contributed by atoms with E-state index in [9.17, 15) is 0 Å². The predicted octanol–water partition coefficient (Wildman–Crippen LogP) is 3.60. The maximum Gasteiger partial charge on any atom is 0.00967 e. The molecule has 0 bridgehead atoms. The van der Waals surface area contributed by atoms with Gasteiger partial charge in [-0.15, -0.1) is 0 Å². The minimum Gasteiger partial charge on any atom is -0.300 e. The molecule has 0 heterocycles. The lowest BCUT2D eigenvalue weighted by Gasteiger charge is -2.36. The minimum atomic E-state index is 0.473. The van der Waals surface area contributed by atoms with Gasteiger partial charge in [-0.2, -0.15) is 12.6 Å². The molecule has 0 unspecified atom stereocenters. The first kappa shape index (κ1) is 12.8. The fourth-order valence-electron chi connectivity index (χ4n) is 2.59. The predicted molar refractivity (Wildman–Crippen MR) is 74.2 cm³/mol. The number of hydrogen-bond acceptors (Lipinski definition) is 2. The van der Waals surface area contributed by atoms with Gasteiger partial charge in [-0.25, -0.2) is 0 Å². The van der Waals surface area contributed by atoms with Gasteiger partial charge in [0.1, 0.15) is 0 Å². The SMILES string of the molecule is CCC(CC)(CS)CN(CC1CC1)C1CC1. The zero-order chi connectivity index (χ0) is 11.6. The molecule has 2 heteroatoms. The largest absolute Gasteiger partial charge is 0.300 e. The molecule has 0 radical (unpaired) electrons. The molecule has 0 aromatic carbocycles. The molecule has 2 saturated carbocycles. The number of hydrogen-bond donors (Lipinski definition) is 1. The Morgan fingerprint density at radius 1 is 1.12 bits per heavy atom. The monoisotopic (exact) mass is 241 g/mol. The van der Waals surface area contributed by atoms with Gasteiger partial charge in [-0.1, -0.05) is 13.8 Å². The van der Waals surface area contributed by atoms with Crippen LogP contribution in [0.4, 0.5) is 0 Å². The molecule has 0 N–H and O–H groups in total. The summed E-state index contributed by atoms with van der Waals surface area (Å²) in [5, 5.41) is 0. The van der Waals surface area contributed by atoms with Crippen LogP contribution in [0.2, 0.25) is 0 Å². The lowest BCUT2D eigenvalue weighted by molar-refractivity contribution is 0.145. The lowest BCUT2D eigenvalue weighted by Crippen LogP contribution is -2.40. The van der Waals surface area contributed by atoms with E-state index >= 15 is 0 Å². The van der Waals surface area contributed by atoms with Gasteiger partial charge < -0.3 is 0 Å². The Labute approximate surface area is 106 Å². The summed E-state index contributed by atoms with van der Waals surface area (Å²) in [5.41, 5.74) is 0.473. The molecule has 0 saturated heterocycles. The number of thiol groups is 1. The highest BCUT2D eigenvalue weighted by Gasteiger charge is 2.37. The molecule has 94 valence electrons. The maximum absolute atomic E-state index is 4.60. The van der Waals surface area contributed by atoms with E-state index in [0.29, 0.717) is 5.41 Å². The molecule has 2 rings (SSSR count). The van der Waals surface area contributed by atoms with E-state index < -0.39 is 0 Å². The lowest BCUT2D eigenvalue weighted by atomic mass is 9.83. The highest BCUT2D eigenvalue weighted by atomic mass is 32.1. The molecule has 2 fully saturated rings. The molecule has 0 atom stereocenters. The molecule has 2 aliphatic rings. The van der Waals surface area contributed by atoms with Crippen LogP contribution in [0.1, 0.15) is 52.4 Å². The van der Waals surface area contributed by atoms with Gasteiger partial charge in [0, 0.05) is 19.1 Å². The zero-order valence-electron chi connectivity index (χ0n) is 10.9. The van der Waals surface area contributed by atoms with Gasteiger partial charge in [-0.05, 0) is 55.6 Å². The topological polar surface area (TPSA) is 3.24 Å². The van der Waals surface area contributed by atoms with Crippen molar-refractivity contribution in [1.29, 1.82) is 0 Å². The second kappa shape index (κ2) is 5.30. The van der Waals surface area contributed by atoms with Crippen LogP contribution in [0.3, 0.4) is 0 Å². The van der Waals surface area contributed by atoms with Gasteiger partial charge in [0.2, 0.25) is 0 Å². The smallest absolute Gasteiger partial charge is 0.00967 e. The number of nitrogens with zero attached hydrogens (tertiary/aromatic N) is 1. The van der Waals surface area contributed by atoms with Crippen molar-refractivity contribution in [3.63, 3.8) is 0 Å². The third kappa shape index (κ3) is 3.16. The molecule has 16 heavy (non-hydrogen) atoms. The summed E-state index contributed by atoms with van der Waals surface area (Å²) in [6.07, 6.45) is 8.41. The summed E-state index contributed by atoms with van der Waals surface area (Å²) < 4.78 is 0. The van der Waals surface area contributed by atoms with Gasteiger partial charge in [0.25, 0.3) is 0 Å². The summed E-state index contributed by atoms with van der Waals surface area (Å²) in [4.78, 5) is 2.79.